The molecule has 8 heterocycles. The number of aliphatic hydroxyl groups is 4. The van der Waals surface area contributed by atoms with Crippen LogP contribution in [0.1, 0.15) is 12.8 Å². The number of aromatic nitrogens is 8. The monoisotopic (exact) mass is 876 g/mol. The summed E-state index contributed by atoms with van der Waals surface area (Å²) >= 11 is 0. The Kier molecular flexibility index (Phi) is 11.7. The molecule has 20 heteroatoms. The zero-order valence-electron chi connectivity index (χ0n) is 33.7. The van der Waals surface area contributed by atoms with Crippen molar-refractivity contribution in [1.82, 2.24) is 39.2 Å². The number of pyridine rings is 2. The van der Waals surface area contributed by atoms with Gasteiger partial charge in [0, 0.05) is 38.6 Å². The molecule has 64 heavy (non-hydrogen) atoms. The van der Waals surface area contributed by atoms with Gasteiger partial charge >= 0.3 is 0 Å². The second kappa shape index (κ2) is 17.8. The molecule has 2 saturated heterocycles. The third-order valence-corrected chi connectivity index (χ3v) is 11.1. The topological polar surface area (TPSA) is 198 Å². The minimum atomic E-state index is -0.850. The number of rotatable bonds is 8. The van der Waals surface area contributed by atoms with Crippen LogP contribution >= 0.6 is 0 Å². The molecule has 16 nitrogen and oxygen atoms in total. The summed E-state index contributed by atoms with van der Waals surface area (Å²) in [5.74, 6) is -2.13. The SMILES string of the molecule is O[C@@H]1CCN(c2ccncc2Nc2ncc3ccc(-c4c(F)cccc4F)nn23)C[C@H]1O.O[C@H]1CCN(c2ccncc2Nc2ncc3ccc(-c4c(F)cccc4F)nn23)C[C@@H]1O. The Morgan fingerprint density at radius 3 is 1.30 bits per heavy atom. The second-order valence-electron chi connectivity index (χ2n) is 15.2. The second-order valence-corrected chi connectivity index (χ2v) is 15.2. The predicted molar refractivity (Wildman–Crippen MR) is 229 cm³/mol. The number of anilines is 6. The highest BCUT2D eigenvalue weighted by molar-refractivity contribution is 5.75. The van der Waals surface area contributed by atoms with E-state index in [0.29, 0.717) is 60.2 Å². The quantitative estimate of drug-likeness (QED) is 0.105. The van der Waals surface area contributed by atoms with Crippen LogP contribution < -0.4 is 20.4 Å². The molecule has 0 aliphatic carbocycles. The van der Waals surface area contributed by atoms with Crippen LogP contribution in [0, 0.1) is 23.3 Å². The summed E-state index contributed by atoms with van der Waals surface area (Å²) in [4.78, 5) is 20.9. The molecule has 0 spiro atoms. The molecular weight excluding hydrogens is 837 g/mol. The van der Waals surface area contributed by atoms with Gasteiger partial charge < -0.3 is 40.9 Å². The van der Waals surface area contributed by atoms with Crippen molar-refractivity contribution < 1.29 is 38.0 Å². The van der Waals surface area contributed by atoms with Crippen molar-refractivity contribution in [2.24, 2.45) is 0 Å². The number of benzene rings is 2. The molecule has 0 radical (unpaired) electrons. The summed E-state index contributed by atoms with van der Waals surface area (Å²) < 4.78 is 60.0. The van der Waals surface area contributed by atoms with Gasteiger partial charge in [0.15, 0.2) is 0 Å². The number of imidazole rings is 2. The van der Waals surface area contributed by atoms with Crippen LogP contribution in [0.3, 0.4) is 0 Å². The predicted octanol–water partition coefficient (Wildman–Crippen LogP) is 5.49. The summed E-state index contributed by atoms with van der Waals surface area (Å²) in [7, 11) is 0. The lowest BCUT2D eigenvalue weighted by Crippen LogP contribution is -2.46. The van der Waals surface area contributed by atoms with Crippen LogP contribution in [-0.4, -0.2) is 110 Å². The third-order valence-electron chi connectivity index (χ3n) is 11.1. The average molecular weight is 877 g/mol. The van der Waals surface area contributed by atoms with Gasteiger partial charge in [-0.2, -0.15) is 19.2 Å². The average Bonchev–Trinajstić information content (AvgIpc) is 3.89. The highest BCUT2D eigenvalue weighted by Crippen LogP contribution is 2.33. The third kappa shape index (κ3) is 8.45. The van der Waals surface area contributed by atoms with Crippen LogP contribution in [0.2, 0.25) is 0 Å². The van der Waals surface area contributed by atoms with Gasteiger partial charge in [-0.15, -0.1) is 0 Å². The Labute approximate surface area is 361 Å². The number of hydrogen-bond acceptors (Lipinski definition) is 14. The van der Waals surface area contributed by atoms with Crippen LogP contribution in [0.5, 0.6) is 0 Å². The highest BCUT2D eigenvalue weighted by Gasteiger charge is 2.29. The Hall–Kier alpha value is -7.26. The van der Waals surface area contributed by atoms with Gasteiger partial charge in [-0.25, -0.2) is 27.5 Å². The molecule has 4 atom stereocenters. The van der Waals surface area contributed by atoms with Crippen molar-refractivity contribution >= 4 is 45.7 Å². The van der Waals surface area contributed by atoms with E-state index in [0.717, 1.165) is 11.4 Å². The number of aliphatic hydroxyl groups excluding tert-OH is 4. The van der Waals surface area contributed by atoms with Crippen LogP contribution in [0.25, 0.3) is 33.5 Å². The zero-order valence-corrected chi connectivity index (χ0v) is 33.7. The smallest absolute Gasteiger partial charge is 0.229 e. The fraction of sp³-hybridized carbons (Fsp3) is 0.227. The lowest BCUT2D eigenvalue weighted by molar-refractivity contribution is 0.00804. The van der Waals surface area contributed by atoms with E-state index in [1.807, 2.05) is 9.80 Å². The van der Waals surface area contributed by atoms with E-state index in [9.17, 15) is 38.0 Å². The Morgan fingerprint density at radius 2 is 0.906 bits per heavy atom. The van der Waals surface area contributed by atoms with Crippen molar-refractivity contribution in [3.8, 4) is 22.5 Å². The van der Waals surface area contributed by atoms with E-state index in [4.69, 9.17) is 0 Å². The molecule has 6 aromatic heterocycles. The minimum Gasteiger partial charge on any atom is -0.390 e. The van der Waals surface area contributed by atoms with E-state index in [1.165, 1.54) is 57.6 Å². The summed E-state index contributed by atoms with van der Waals surface area (Å²) in [6, 6.07) is 17.4. The number of hydrogen-bond donors (Lipinski definition) is 6. The lowest BCUT2D eigenvalue weighted by Gasteiger charge is -2.35. The van der Waals surface area contributed by atoms with Crippen molar-refractivity contribution in [3.63, 3.8) is 0 Å². The van der Waals surface area contributed by atoms with Gasteiger partial charge in [0.1, 0.15) is 23.3 Å². The molecule has 0 bridgehead atoms. The fourth-order valence-corrected chi connectivity index (χ4v) is 7.72. The maximum absolute atomic E-state index is 14.3. The van der Waals surface area contributed by atoms with E-state index in [2.05, 4.69) is 40.8 Å². The first-order valence-corrected chi connectivity index (χ1v) is 20.2. The van der Waals surface area contributed by atoms with Gasteiger partial charge in [0.2, 0.25) is 11.9 Å². The molecule has 10 rings (SSSR count). The van der Waals surface area contributed by atoms with Gasteiger partial charge in [0.25, 0.3) is 0 Å². The largest absolute Gasteiger partial charge is 0.390 e. The van der Waals surface area contributed by atoms with Gasteiger partial charge in [0.05, 0.1) is 106 Å². The first-order valence-electron chi connectivity index (χ1n) is 20.2. The minimum absolute atomic E-state index is 0.133. The molecule has 2 aliphatic heterocycles. The standard InChI is InChI=1S/2C22H20F2N6O2/c2*23-14-2-1-3-15(24)21(14)16-5-4-13-10-26-22(30(13)28-16)27-17-11-25-8-6-18(17)29-9-7-19(31)20(32)12-29/h2*1-6,8,10-11,19-20,31-32H,7,9,12H2,(H,26,27)/t2*19-,20-/m10/s1. The Morgan fingerprint density at radius 1 is 0.500 bits per heavy atom. The number of nitrogens with one attached hydrogen (secondary N) is 2. The molecule has 0 saturated carbocycles. The number of β-amino-alcohol motifs (C(OH)–C–C–N with tert-alkyl or cyclic N) is 2. The van der Waals surface area contributed by atoms with Crippen LogP contribution in [0.4, 0.5) is 52.2 Å². The van der Waals surface area contributed by atoms with Crippen LogP contribution in [0.15, 0.2) is 110 Å². The van der Waals surface area contributed by atoms with Crippen molar-refractivity contribution in [2.75, 3.05) is 46.6 Å². The molecule has 2 aliphatic rings. The molecule has 2 fully saturated rings. The summed E-state index contributed by atoms with van der Waals surface area (Å²) in [6.45, 7) is 1.68. The van der Waals surface area contributed by atoms with Crippen molar-refractivity contribution in [2.45, 2.75) is 37.3 Å². The van der Waals surface area contributed by atoms with E-state index < -0.39 is 47.7 Å². The Balaban J connectivity index is 0.000000162. The molecule has 6 N–H and O–H groups in total. The van der Waals surface area contributed by atoms with Gasteiger partial charge in [-0.1, -0.05) is 12.1 Å². The van der Waals surface area contributed by atoms with E-state index in [1.54, 1.807) is 61.4 Å². The molecule has 328 valence electrons. The fourth-order valence-electron chi connectivity index (χ4n) is 7.72. The molecule has 2 aromatic carbocycles. The number of halogens is 4. The van der Waals surface area contributed by atoms with Gasteiger partial charge in [-0.05, 0) is 73.5 Å². The number of piperidine rings is 2. The van der Waals surface area contributed by atoms with Crippen molar-refractivity contribution in [3.05, 3.63) is 133 Å². The normalized spacial score (nSPS) is 18.8. The summed E-state index contributed by atoms with van der Waals surface area (Å²) in [5, 5.41) is 54.9. The van der Waals surface area contributed by atoms with E-state index >= 15 is 0 Å². The van der Waals surface area contributed by atoms with Crippen molar-refractivity contribution in [1.29, 1.82) is 0 Å². The maximum atomic E-state index is 14.3. The summed E-state index contributed by atoms with van der Waals surface area (Å²) in [6.07, 6.45) is 7.38. The van der Waals surface area contributed by atoms with Crippen LogP contribution in [-0.2, 0) is 0 Å². The molecule has 8 aromatic rings. The summed E-state index contributed by atoms with van der Waals surface area (Å²) in [5.41, 5.74) is 3.90. The lowest BCUT2D eigenvalue weighted by atomic mass is 10.0. The maximum Gasteiger partial charge on any atom is 0.229 e. The highest BCUT2D eigenvalue weighted by atomic mass is 19.1. The zero-order chi connectivity index (χ0) is 44.5. The number of nitrogens with zero attached hydrogens (tertiary/aromatic N) is 10. The first kappa shape index (κ1) is 42.1. The number of fused-ring (bicyclic) bond motifs is 2. The Bertz CT molecular complexity index is 2720. The molecular formula is C44H40F4N12O4. The van der Waals surface area contributed by atoms with E-state index in [-0.39, 0.29) is 35.6 Å². The molecule has 0 unspecified atom stereocenters. The molecule has 0 amide bonds. The van der Waals surface area contributed by atoms with Gasteiger partial charge in [-0.3, -0.25) is 9.97 Å². The first-order chi connectivity index (χ1) is 31.0.